The number of carbonyl (C=O) groups is 1. The van der Waals surface area contributed by atoms with Crippen molar-refractivity contribution in [3.8, 4) is 5.69 Å². The van der Waals surface area contributed by atoms with E-state index in [1.807, 2.05) is 0 Å². The highest BCUT2D eigenvalue weighted by molar-refractivity contribution is 6.30. The van der Waals surface area contributed by atoms with Crippen molar-refractivity contribution in [2.24, 2.45) is 0 Å². The fourth-order valence-corrected chi connectivity index (χ4v) is 2.55. The molecule has 1 amide bonds. The highest BCUT2D eigenvalue weighted by Crippen LogP contribution is 2.34. The number of aromatic nitrogens is 2. The van der Waals surface area contributed by atoms with Gasteiger partial charge in [-0.2, -0.15) is 18.3 Å². The predicted molar refractivity (Wildman–Crippen MR) is 93.0 cm³/mol. The molecule has 1 heterocycles. The average molecular weight is 400 g/mol. The molecule has 0 atom stereocenters. The fourth-order valence-electron chi connectivity index (χ4n) is 2.30. The van der Waals surface area contributed by atoms with Crippen molar-refractivity contribution >= 4 is 34.8 Å². The molecule has 0 aliphatic rings. The van der Waals surface area contributed by atoms with Crippen LogP contribution in [0.15, 0.2) is 54.7 Å². The van der Waals surface area contributed by atoms with Crippen molar-refractivity contribution in [2.45, 2.75) is 6.18 Å². The van der Waals surface area contributed by atoms with Gasteiger partial charge in [-0.05, 0) is 48.5 Å². The van der Waals surface area contributed by atoms with Crippen molar-refractivity contribution in [3.63, 3.8) is 0 Å². The van der Waals surface area contributed by atoms with Gasteiger partial charge >= 0.3 is 6.18 Å². The van der Waals surface area contributed by atoms with E-state index in [1.54, 1.807) is 0 Å². The second-order valence-electron chi connectivity index (χ2n) is 5.25. The smallest absolute Gasteiger partial charge is 0.322 e. The Labute approximate surface area is 156 Å². The summed E-state index contributed by atoms with van der Waals surface area (Å²) in [5.74, 6) is -0.931. The average Bonchev–Trinajstić information content (AvgIpc) is 3.03. The molecule has 1 aromatic heterocycles. The van der Waals surface area contributed by atoms with Crippen molar-refractivity contribution in [3.05, 3.63) is 76.0 Å². The number of alkyl halides is 3. The number of amides is 1. The van der Waals surface area contributed by atoms with Crippen molar-refractivity contribution in [1.82, 2.24) is 9.78 Å². The molecule has 26 heavy (non-hydrogen) atoms. The minimum atomic E-state index is -4.79. The van der Waals surface area contributed by atoms with Gasteiger partial charge in [0, 0.05) is 15.7 Å². The lowest BCUT2D eigenvalue weighted by Gasteiger charge is -2.13. The molecule has 0 spiro atoms. The first-order valence-electron chi connectivity index (χ1n) is 7.24. The van der Waals surface area contributed by atoms with Crippen LogP contribution in [0.1, 0.15) is 16.1 Å². The first kappa shape index (κ1) is 18.3. The summed E-state index contributed by atoms with van der Waals surface area (Å²) in [5.41, 5.74) is -1.33. The van der Waals surface area contributed by atoms with Gasteiger partial charge in [-0.25, -0.2) is 4.68 Å². The van der Waals surface area contributed by atoms with E-state index in [9.17, 15) is 18.0 Å². The van der Waals surface area contributed by atoms with Crippen LogP contribution in [0.25, 0.3) is 5.69 Å². The Bertz CT molecular complexity index is 935. The Morgan fingerprint density at radius 1 is 0.962 bits per heavy atom. The number of benzene rings is 2. The Morgan fingerprint density at radius 2 is 1.50 bits per heavy atom. The molecule has 2 aromatic carbocycles. The molecule has 0 radical (unpaired) electrons. The molecule has 0 bridgehead atoms. The maximum absolute atomic E-state index is 13.6. The lowest BCUT2D eigenvalue weighted by atomic mass is 10.2. The summed E-state index contributed by atoms with van der Waals surface area (Å²) in [6.45, 7) is 0. The Kier molecular flexibility index (Phi) is 4.93. The Balaban J connectivity index is 2.00. The lowest BCUT2D eigenvalue weighted by Crippen LogP contribution is -2.20. The molecule has 3 rings (SSSR count). The summed E-state index contributed by atoms with van der Waals surface area (Å²) in [5, 5.41) is 6.94. The normalized spacial score (nSPS) is 11.4. The fraction of sp³-hybridized carbons (Fsp3) is 0.0588. The van der Waals surface area contributed by atoms with E-state index in [4.69, 9.17) is 23.2 Å². The van der Waals surface area contributed by atoms with Gasteiger partial charge in [0.05, 0.1) is 17.4 Å². The van der Waals surface area contributed by atoms with Gasteiger partial charge in [0.2, 0.25) is 0 Å². The number of hydrogen-bond donors (Lipinski definition) is 1. The molecule has 0 aliphatic heterocycles. The van der Waals surface area contributed by atoms with Gasteiger partial charge in [0.25, 0.3) is 5.91 Å². The quantitative estimate of drug-likeness (QED) is 0.636. The molecular weight excluding hydrogens is 390 g/mol. The van der Waals surface area contributed by atoms with E-state index in [0.29, 0.717) is 20.4 Å². The van der Waals surface area contributed by atoms with Crippen LogP contribution in [0.5, 0.6) is 0 Å². The van der Waals surface area contributed by atoms with E-state index in [0.717, 1.165) is 6.20 Å². The van der Waals surface area contributed by atoms with Crippen LogP contribution in [-0.4, -0.2) is 15.7 Å². The van der Waals surface area contributed by atoms with E-state index in [2.05, 4.69) is 10.4 Å². The summed E-state index contributed by atoms with van der Waals surface area (Å²) in [6.07, 6.45) is -3.91. The zero-order chi connectivity index (χ0) is 18.9. The van der Waals surface area contributed by atoms with Crippen LogP contribution in [0.3, 0.4) is 0 Å². The van der Waals surface area contributed by atoms with E-state index in [-0.39, 0.29) is 5.69 Å². The summed E-state index contributed by atoms with van der Waals surface area (Å²) < 4.78 is 41.4. The van der Waals surface area contributed by atoms with Crippen LogP contribution in [0, 0.1) is 0 Å². The van der Waals surface area contributed by atoms with E-state index >= 15 is 0 Å². The van der Waals surface area contributed by atoms with Crippen LogP contribution in [0.2, 0.25) is 10.0 Å². The molecule has 0 aliphatic carbocycles. The van der Waals surface area contributed by atoms with E-state index in [1.165, 1.54) is 48.5 Å². The third-order valence-corrected chi connectivity index (χ3v) is 3.96. The number of nitrogens with zero attached hydrogens (tertiary/aromatic N) is 2. The van der Waals surface area contributed by atoms with Gasteiger partial charge in [-0.1, -0.05) is 23.2 Å². The Hall–Kier alpha value is -2.51. The third-order valence-electron chi connectivity index (χ3n) is 3.46. The maximum atomic E-state index is 13.6. The first-order chi connectivity index (χ1) is 12.3. The summed E-state index contributed by atoms with van der Waals surface area (Å²) >= 11 is 11.5. The molecule has 9 heteroatoms. The molecule has 0 fully saturated rings. The number of hydrogen-bond acceptors (Lipinski definition) is 2. The third kappa shape index (κ3) is 3.84. The summed E-state index contributed by atoms with van der Waals surface area (Å²) in [7, 11) is 0. The minimum Gasteiger partial charge on any atom is -0.322 e. The van der Waals surface area contributed by atoms with Crippen molar-refractivity contribution < 1.29 is 18.0 Å². The van der Waals surface area contributed by atoms with Gasteiger partial charge in [-0.15, -0.1) is 0 Å². The van der Waals surface area contributed by atoms with Crippen LogP contribution < -0.4 is 5.32 Å². The second-order valence-corrected chi connectivity index (χ2v) is 6.13. The maximum Gasteiger partial charge on any atom is 0.434 e. The lowest BCUT2D eigenvalue weighted by molar-refractivity contribution is -0.143. The number of anilines is 1. The molecule has 1 N–H and O–H groups in total. The number of nitrogens with one attached hydrogen (secondary N) is 1. The molecular formula is C17H10Cl2F3N3O. The Morgan fingerprint density at radius 3 is 2.04 bits per heavy atom. The highest BCUT2D eigenvalue weighted by Gasteiger charge is 2.40. The predicted octanol–water partition coefficient (Wildman–Crippen LogP) is 5.45. The van der Waals surface area contributed by atoms with Crippen LogP contribution in [-0.2, 0) is 6.18 Å². The molecule has 4 nitrogen and oxygen atoms in total. The van der Waals surface area contributed by atoms with Gasteiger partial charge in [0.15, 0.2) is 5.69 Å². The SMILES string of the molecule is O=C(Nc1ccc(Cl)cc1)c1cnn(-c2ccc(Cl)cc2)c1C(F)(F)F. The number of halogens is 5. The summed E-state index contributed by atoms with van der Waals surface area (Å²) in [6, 6.07) is 11.6. The second kappa shape index (κ2) is 7.01. The monoisotopic (exact) mass is 399 g/mol. The van der Waals surface area contributed by atoms with Crippen molar-refractivity contribution in [2.75, 3.05) is 5.32 Å². The zero-order valence-corrected chi connectivity index (χ0v) is 14.4. The van der Waals surface area contributed by atoms with Crippen molar-refractivity contribution in [1.29, 1.82) is 0 Å². The number of rotatable bonds is 3. The summed E-state index contributed by atoms with van der Waals surface area (Å²) in [4.78, 5) is 12.3. The molecule has 0 saturated carbocycles. The minimum absolute atomic E-state index is 0.132. The molecule has 0 unspecified atom stereocenters. The topological polar surface area (TPSA) is 46.9 Å². The van der Waals surface area contributed by atoms with Gasteiger partial charge in [0.1, 0.15) is 0 Å². The van der Waals surface area contributed by atoms with E-state index < -0.39 is 23.3 Å². The standard InChI is InChI=1S/C17H10Cl2F3N3O/c18-10-1-5-12(6-2-10)24-16(26)14-9-23-25(15(14)17(20,21)22)13-7-3-11(19)4-8-13/h1-9H,(H,24,26). The van der Waals surface area contributed by atoms with Crippen LogP contribution in [0.4, 0.5) is 18.9 Å². The largest absolute Gasteiger partial charge is 0.434 e. The first-order valence-corrected chi connectivity index (χ1v) is 7.99. The van der Waals surface area contributed by atoms with Gasteiger partial charge < -0.3 is 5.32 Å². The van der Waals surface area contributed by atoms with Gasteiger partial charge in [-0.3, -0.25) is 4.79 Å². The zero-order valence-electron chi connectivity index (χ0n) is 12.9. The molecule has 134 valence electrons. The molecule has 3 aromatic rings. The highest BCUT2D eigenvalue weighted by atomic mass is 35.5. The molecule has 0 saturated heterocycles. The van der Waals surface area contributed by atoms with Crippen LogP contribution >= 0.6 is 23.2 Å². The number of carbonyl (C=O) groups excluding carboxylic acids is 1.